The predicted molar refractivity (Wildman–Crippen MR) is 66.7 cm³/mol. The molecular weight excluding hydrogens is 216 g/mol. The third-order valence-electron chi connectivity index (χ3n) is 2.62. The summed E-state index contributed by atoms with van der Waals surface area (Å²) in [5.74, 6) is -0.0139. The average molecular weight is 236 g/mol. The van der Waals surface area contributed by atoms with E-state index in [1.54, 1.807) is 31.2 Å². The number of carbonyl (C=O) groups is 1. The molecule has 3 nitrogen and oxygen atoms in total. The molecule has 1 N–H and O–H groups in total. The second-order valence-corrected chi connectivity index (χ2v) is 4.72. The van der Waals surface area contributed by atoms with Gasteiger partial charge in [-0.25, -0.2) is 0 Å². The third kappa shape index (κ3) is 4.57. The number of hydrogen-bond donors (Lipinski definition) is 1. The van der Waals surface area contributed by atoms with Gasteiger partial charge in [-0.1, -0.05) is 32.0 Å². The summed E-state index contributed by atoms with van der Waals surface area (Å²) in [6.07, 6.45) is -0.0448. The van der Waals surface area contributed by atoms with E-state index in [-0.39, 0.29) is 5.97 Å². The van der Waals surface area contributed by atoms with Gasteiger partial charge in [-0.05, 0) is 31.4 Å². The third-order valence-corrected chi connectivity index (χ3v) is 2.62. The maximum absolute atomic E-state index is 11.8. The lowest BCUT2D eigenvalue weighted by Crippen LogP contribution is -2.30. The van der Waals surface area contributed by atoms with Gasteiger partial charge in [-0.2, -0.15) is 0 Å². The van der Waals surface area contributed by atoms with Gasteiger partial charge in [0.15, 0.2) is 0 Å². The average Bonchev–Trinajstić information content (AvgIpc) is 2.28. The Kier molecular flexibility index (Phi) is 5.16. The Morgan fingerprint density at radius 3 is 2.35 bits per heavy atom. The zero-order valence-corrected chi connectivity index (χ0v) is 10.6. The number of hydrogen-bond acceptors (Lipinski definition) is 3. The highest BCUT2D eigenvalue weighted by Gasteiger charge is 2.24. The predicted octanol–water partition coefficient (Wildman–Crippen LogP) is 2.64. The zero-order chi connectivity index (χ0) is 12.8. The second-order valence-electron chi connectivity index (χ2n) is 4.72. The van der Waals surface area contributed by atoms with Crippen LogP contribution in [-0.2, 0) is 4.79 Å². The molecular formula is C14H20O3. The minimum Gasteiger partial charge on any atom is -0.426 e. The second kappa shape index (κ2) is 6.40. The van der Waals surface area contributed by atoms with Crippen molar-refractivity contribution in [1.29, 1.82) is 0 Å². The van der Waals surface area contributed by atoms with Crippen LogP contribution in [0.15, 0.2) is 30.3 Å². The van der Waals surface area contributed by atoms with E-state index in [0.29, 0.717) is 18.1 Å². The van der Waals surface area contributed by atoms with E-state index in [4.69, 9.17) is 4.74 Å². The highest BCUT2D eigenvalue weighted by atomic mass is 16.5. The van der Waals surface area contributed by atoms with Gasteiger partial charge in [0.1, 0.15) is 5.75 Å². The highest BCUT2D eigenvalue weighted by Crippen LogP contribution is 2.17. The molecule has 1 aromatic carbocycles. The summed E-state index contributed by atoms with van der Waals surface area (Å²) in [6.45, 7) is 5.72. The topological polar surface area (TPSA) is 46.5 Å². The number of benzene rings is 1. The van der Waals surface area contributed by atoms with Crippen molar-refractivity contribution in [1.82, 2.24) is 0 Å². The molecule has 2 atom stereocenters. The van der Waals surface area contributed by atoms with Gasteiger partial charge in [0, 0.05) is 0 Å². The minimum atomic E-state index is -0.647. The summed E-state index contributed by atoms with van der Waals surface area (Å²) in [4.78, 5) is 11.8. The summed E-state index contributed by atoms with van der Waals surface area (Å²) in [5.41, 5.74) is 0. The minimum absolute atomic E-state index is 0.358. The van der Waals surface area contributed by atoms with E-state index in [2.05, 4.69) is 0 Å². The first-order valence-corrected chi connectivity index (χ1v) is 5.95. The summed E-state index contributed by atoms with van der Waals surface area (Å²) in [6, 6.07) is 8.91. The number of aliphatic hydroxyl groups excluding tert-OH is 1. The lowest BCUT2D eigenvalue weighted by Gasteiger charge is -2.19. The molecule has 0 spiro atoms. The van der Waals surface area contributed by atoms with Gasteiger partial charge in [-0.3, -0.25) is 4.79 Å². The Labute approximate surface area is 102 Å². The van der Waals surface area contributed by atoms with E-state index in [9.17, 15) is 9.90 Å². The van der Waals surface area contributed by atoms with Crippen molar-refractivity contribution in [3.05, 3.63) is 30.3 Å². The summed E-state index contributed by atoms with van der Waals surface area (Å²) < 4.78 is 5.18. The molecule has 0 aliphatic rings. The van der Waals surface area contributed by atoms with Gasteiger partial charge in [0.05, 0.1) is 12.0 Å². The number of aliphatic hydroxyl groups is 1. The molecule has 0 saturated heterocycles. The van der Waals surface area contributed by atoms with Gasteiger partial charge in [-0.15, -0.1) is 0 Å². The molecule has 0 aromatic heterocycles. The Morgan fingerprint density at radius 1 is 1.24 bits per heavy atom. The van der Waals surface area contributed by atoms with E-state index in [1.165, 1.54) is 0 Å². The SMILES string of the molecule is CC(C)C[C@H](O)[C@H](C)C(=O)Oc1ccccc1. The first-order valence-electron chi connectivity index (χ1n) is 5.95. The fraction of sp³-hybridized carbons (Fsp3) is 0.500. The monoisotopic (exact) mass is 236 g/mol. The molecule has 17 heavy (non-hydrogen) atoms. The molecule has 94 valence electrons. The Balaban J connectivity index is 2.52. The molecule has 1 aromatic rings. The molecule has 0 amide bonds. The van der Waals surface area contributed by atoms with Crippen LogP contribution in [0.2, 0.25) is 0 Å². The van der Waals surface area contributed by atoms with Crippen LogP contribution in [0.4, 0.5) is 0 Å². The van der Waals surface area contributed by atoms with Crippen molar-refractivity contribution in [2.24, 2.45) is 11.8 Å². The van der Waals surface area contributed by atoms with Crippen molar-refractivity contribution in [3.63, 3.8) is 0 Å². The van der Waals surface area contributed by atoms with E-state index >= 15 is 0 Å². The van der Waals surface area contributed by atoms with Gasteiger partial charge in [0.25, 0.3) is 0 Å². The number of esters is 1. The van der Waals surface area contributed by atoms with Crippen LogP contribution in [0, 0.1) is 11.8 Å². The van der Waals surface area contributed by atoms with Crippen molar-refractivity contribution in [2.45, 2.75) is 33.3 Å². The van der Waals surface area contributed by atoms with Crippen LogP contribution in [0.1, 0.15) is 27.2 Å². The van der Waals surface area contributed by atoms with Crippen LogP contribution >= 0.6 is 0 Å². The zero-order valence-electron chi connectivity index (χ0n) is 10.6. The molecule has 0 heterocycles. The van der Waals surface area contributed by atoms with E-state index in [1.807, 2.05) is 19.9 Å². The smallest absolute Gasteiger partial charge is 0.316 e. The van der Waals surface area contributed by atoms with Crippen LogP contribution < -0.4 is 4.74 Å². The Morgan fingerprint density at radius 2 is 1.82 bits per heavy atom. The molecule has 0 radical (unpaired) electrons. The fourth-order valence-electron chi connectivity index (χ4n) is 1.54. The van der Waals surface area contributed by atoms with Crippen molar-refractivity contribution >= 4 is 5.97 Å². The van der Waals surface area contributed by atoms with Crippen LogP contribution in [0.25, 0.3) is 0 Å². The number of ether oxygens (including phenoxy) is 1. The molecule has 3 heteroatoms. The lowest BCUT2D eigenvalue weighted by atomic mass is 9.96. The summed E-state index contributed by atoms with van der Waals surface area (Å²) >= 11 is 0. The molecule has 0 aliphatic heterocycles. The Hall–Kier alpha value is -1.35. The van der Waals surface area contributed by atoms with Gasteiger partial charge < -0.3 is 9.84 Å². The largest absolute Gasteiger partial charge is 0.426 e. The van der Waals surface area contributed by atoms with Crippen molar-refractivity contribution in [3.8, 4) is 5.75 Å². The summed E-state index contributed by atoms with van der Waals surface area (Å²) in [5, 5.41) is 9.84. The molecule has 0 aliphatic carbocycles. The quantitative estimate of drug-likeness (QED) is 0.631. The highest BCUT2D eigenvalue weighted by molar-refractivity contribution is 5.75. The number of rotatable bonds is 5. The van der Waals surface area contributed by atoms with Crippen LogP contribution in [-0.4, -0.2) is 17.2 Å². The molecule has 0 bridgehead atoms. The molecule has 0 fully saturated rings. The maximum atomic E-state index is 11.8. The molecule has 1 rings (SSSR count). The number of carbonyl (C=O) groups excluding carboxylic acids is 1. The lowest BCUT2D eigenvalue weighted by molar-refractivity contribution is -0.142. The van der Waals surface area contributed by atoms with E-state index in [0.717, 1.165) is 0 Å². The van der Waals surface area contributed by atoms with Gasteiger partial charge in [0.2, 0.25) is 0 Å². The van der Waals surface area contributed by atoms with Crippen LogP contribution in [0.5, 0.6) is 5.75 Å². The molecule has 0 unspecified atom stereocenters. The standard InChI is InChI=1S/C14H20O3/c1-10(2)9-13(15)11(3)14(16)17-12-7-5-4-6-8-12/h4-8,10-11,13,15H,9H2,1-3H3/t11-,13-/m0/s1. The van der Waals surface area contributed by atoms with Crippen molar-refractivity contribution in [2.75, 3.05) is 0 Å². The van der Waals surface area contributed by atoms with E-state index < -0.39 is 12.0 Å². The maximum Gasteiger partial charge on any atom is 0.316 e. The fourth-order valence-corrected chi connectivity index (χ4v) is 1.54. The summed E-state index contributed by atoms with van der Waals surface area (Å²) in [7, 11) is 0. The van der Waals surface area contributed by atoms with Crippen LogP contribution in [0.3, 0.4) is 0 Å². The number of para-hydroxylation sites is 1. The van der Waals surface area contributed by atoms with Crippen molar-refractivity contribution < 1.29 is 14.6 Å². The first-order chi connectivity index (χ1) is 8.00. The Bertz CT molecular complexity index is 346. The van der Waals surface area contributed by atoms with Gasteiger partial charge >= 0.3 is 5.97 Å². The normalized spacial score (nSPS) is 14.4. The first kappa shape index (κ1) is 13.7. The molecule has 0 saturated carbocycles.